The zero-order valence-corrected chi connectivity index (χ0v) is 7.36. The average Bonchev–Trinajstić information content (AvgIpc) is 1.99. The predicted molar refractivity (Wildman–Crippen MR) is 47.5 cm³/mol. The Morgan fingerprint density at radius 3 is 2.73 bits per heavy atom. The van der Waals surface area contributed by atoms with Crippen molar-refractivity contribution in [3.05, 3.63) is 11.5 Å². The maximum atomic E-state index is 10.2. The van der Waals surface area contributed by atoms with Gasteiger partial charge < -0.3 is 10.8 Å². The van der Waals surface area contributed by atoms with Crippen LogP contribution in [0.1, 0.15) is 13.3 Å². The first kappa shape index (κ1) is 10.5. The largest absolute Gasteiger partial charge is 0.480 e. The highest BCUT2D eigenvalue weighted by Crippen LogP contribution is 2.16. The number of allylic oxidation sites excluding steroid dienone is 1. The molecule has 0 radical (unpaired) electrons. The van der Waals surface area contributed by atoms with Gasteiger partial charge in [-0.25, -0.2) is 0 Å². The molecule has 0 bridgehead atoms. The van der Waals surface area contributed by atoms with E-state index in [4.69, 9.17) is 10.8 Å². The third kappa shape index (κ3) is 4.86. The van der Waals surface area contributed by atoms with Crippen LogP contribution >= 0.6 is 11.8 Å². The molecule has 0 aromatic rings. The molecule has 3 N–H and O–H groups in total. The Morgan fingerprint density at radius 1 is 1.82 bits per heavy atom. The Bertz CT molecular complexity index is 159. The quantitative estimate of drug-likeness (QED) is 0.655. The summed E-state index contributed by atoms with van der Waals surface area (Å²) >= 11 is 1.41. The molecule has 64 valence electrons. The minimum atomic E-state index is -0.957. The van der Waals surface area contributed by atoms with Crippen molar-refractivity contribution in [2.45, 2.75) is 19.4 Å². The number of thioether (sulfide) groups is 1. The van der Waals surface area contributed by atoms with Crippen LogP contribution in [0.5, 0.6) is 0 Å². The van der Waals surface area contributed by atoms with E-state index in [1.54, 1.807) is 0 Å². The Hall–Kier alpha value is -0.480. The maximum Gasteiger partial charge on any atom is 0.321 e. The Balaban J connectivity index is 3.54. The van der Waals surface area contributed by atoms with Crippen LogP contribution in [-0.2, 0) is 4.79 Å². The zero-order chi connectivity index (χ0) is 8.85. The maximum absolute atomic E-state index is 10.2. The molecular formula is C7H13NO2S. The van der Waals surface area contributed by atoms with E-state index in [0.717, 1.165) is 11.3 Å². The van der Waals surface area contributed by atoms with Gasteiger partial charge in [-0.05, 0) is 11.3 Å². The topological polar surface area (TPSA) is 63.3 Å². The molecule has 0 aliphatic rings. The van der Waals surface area contributed by atoms with Crippen molar-refractivity contribution in [1.82, 2.24) is 0 Å². The number of nitrogens with two attached hydrogens (primary N) is 1. The first-order valence-electron chi connectivity index (χ1n) is 3.37. The van der Waals surface area contributed by atoms with Gasteiger partial charge in [-0.2, -0.15) is 0 Å². The van der Waals surface area contributed by atoms with E-state index in [1.165, 1.54) is 11.8 Å². The molecule has 0 aliphatic heterocycles. The number of carbonyl (C=O) groups is 1. The van der Waals surface area contributed by atoms with E-state index < -0.39 is 12.0 Å². The van der Waals surface area contributed by atoms with Gasteiger partial charge in [-0.3, -0.25) is 4.79 Å². The van der Waals surface area contributed by atoms with Crippen molar-refractivity contribution in [2.24, 2.45) is 5.73 Å². The molecule has 0 aromatic heterocycles. The first-order valence-corrected chi connectivity index (χ1v) is 4.35. The monoisotopic (exact) mass is 175 g/mol. The van der Waals surface area contributed by atoms with E-state index in [0.29, 0.717) is 5.75 Å². The Labute approximate surface area is 70.7 Å². The van der Waals surface area contributed by atoms with E-state index in [1.807, 2.05) is 6.92 Å². The summed E-state index contributed by atoms with van der Waals surface area (Å²) in [5.74, 6) is -0.552. The number of carboxylic acid groups (broad SMARTS) is 1. The molecule has 0 saturated carbocycles. The lowest BCUT2D eigenvalue weighted by molar-refractivity contribution is -0.137. The van der Waals surface area contributed by atoms with Crippen LogP contribution in [-0.4, -0.2) is 22.9 Å². The van der Waals surface area contributed by atoms with Gasteiger partial charge in [0.2, 0.25) is 0 Å². The summed E-state index contributed by atoms with van der Waals surface area (Å²) in [4.78, 5) is 11.2. The standard InChI is InChI=1S/C7H13NO2S/c1-3-5(2)11-4-6(8)7(9)10/h6H,2-4,8H2,1H3,(H,9,10). The Morgan fingerprint density at radius 2 is 2.36 bits per heavy atom. The SMILES string of the molecule is C=C(CC)SCC(N)C(=O)O. The Kier molecular flexibility index (Phi) is 4.98. The minimum absolute atomic E-state index is 0.405. The lowest BCUT2D eigenvalue weighted by Crippen LogP contribution is -2.32. The van der Waals surface area contributed by atoms with Gasteiger partial charge in [0.25, 0.3) is 0 Å². The molecule has 3 nitrogen and oxygen atoms in total. The number of carboxylic acids is 1. The zero-order valence-electron chi connectivity index (χ0n) is 6.54. The van der Waals surface area contributed by atoms with E-state index in [2.05, 4.69) is 6.58 Å². The lowest BCUT2D eigenvalue weighted by atomic mass is 10.4. The lowest BCUT2D eigenvalue weighted by Gasteiger charge is -2.05. The van der Waals surface area contributed by atoms with Crippen molar-refractivity contribution < 1.29 is 9.90 Å². The van der Waals surface area contributed by atoms with Crippen LogP contribution in [0, 0.1) is 0 Å². The molecule has 0 fully saturated rings. The second kappa shape index (κ2) is 5.21. The van der Waals surface area contributed by atoms with Gasteiger partial charge in [-0.1, -0.05) is 13.5 Å². The van der Waals surface area contributed by atoms with Crippen LogP contribution in [0.15, 0.2) is 11.5 Å². The molecule has 0 saturated heterocycles. The van der Waals surface area contributed by atoms with E-state index in [9.17, 15) is 4.79 Å². The molecule has 4 heteroatoms. The summed E-state index contributed by atoms with van der Waals surface area (Å²) in [5, 5.41) is 8.40. The molecule has 11 heavy (non-hydrogen) atoms. The van der Waals surface area contributed by atoms with Crippen LogP contribution in [0.3, 0.4) is 0 Å². The molecule has 0 aromatic carbocycles. The van der Waals surface area contributed by atoms with Gasteiger partial charge in [-0.15, -0.1) is 11.8 Å². The highest BCUT2D eigenvalue weighted by atomic mass is 32.2. The fourth-order valence-electron chi connectivity index (χ4n) is 0.381. The fraction of sp³-hybridized carbons (Fsp3) is 0.571. The summed E-state index contributed by atoms with van der Waals surface area (Å²) in [6.45, 7) is 5.69. The summed E-state index contributed by atoms with van der Waals surface area (Å²) in [6, 6.07) is -0.775. The minimum Gasteiger partial charge on any atom is -0.480 e. The smallest absolute Gasteiger partial charge is 0.321 e. The van der Waals surface area contributed by atoms with Gasteiger partial charge >= 0.3 is 5.97 Å². The van der Waals surface area contributed by atoms with Crippen LogP contribution < -0.4 is 5.73 Å². The molecule has 0 rings (SSSR count). The normalized spacial score (nSPS) is 12.5. The molecule has 0 aliphatic carbocycles. The van der Waals surface area contributed by atoms with Crippen LogP contribution in [0.25, 0.3) is 0 Å². The van der Waals surface area contributed by atoms with E-state index in [-0.39, 0.29) is 0 Å². The van der Waals surface area contributed by atoms with Gasteiger partial charge in [0.05, 0.1) is 0 Å². The predicted octanol–water partition coefficient (Wildman–Crippen LogP) is 1.06. The van der Waals surface area contributed by atoms with Crippen LogP contribution in [0.4, 0.5) is 0 Å². The van der Waals surface area contributed by atoms with Gasteiger partial charge in [0.1, 0.15) is 6.04 Å². The van der Waals surface area contributed by atoms with Crippen molar-refractivity contribution in [2.75, 3.05) is 5.75 Å². The highest BCUT2D eigenvalue weighted by molar-refractivity contribution is 8.03. The van der Waals surface area contributed by atoms with Crippen molar-refractivity contribution >= 4 is 17.7 Å². The van der Waals surface area contributed by atoms with Crippen molar-refractivity contribution in [3.8, 4) is 0 Å². The van der Waals surface area contributed by atoms with Crippen LogP contribution in [0.2, 0.25) is 0 Å². The molecular weight excluding hydrogens is 162 g/mol. The molecule has 1 unspecified atom stereocenters. The third-order valence-electron chi connectivity index (χ3n) is 1.18. The number of aliphatic carboxylic acids is 1. The summed E-state index contributed by atoms with van der Waals surface area (Å²) in [5.41, 5.74) is 5.26. The molecule has 0 heterocycles. The summed E-state index contributed by atoms with van der Waals surface area (Å²) in [7, 11) is 0. The van der Waals surface area contributed by atoms with Gasteiger partial charge in [0, 0.05) is 5.75 Å². The summed E-state index contributed by atoms with van der Waals surface area (Å²) in [6.07, 6.45) is 0.858. The number of rotatable bonds is 5. The second-order valence-electron chi connectivity index (χ2n) is 2.15. The number of hydrogen-bond acceptors (Lipinski definition) is 3. The molecule has 0 spiro atoms. The van der Waals surface area contributed by atoms with Gasteiger partial charge in [0.15, 0.2) is 0 Å². The van der Waals surface area contributed by atoms with Crippen molar-refractivity contribution in [1.29, 1.82) is 0 Å². The second-order valence-corrected chi connectivity index (χ2v) is 3.35. The van der Waals surface area contributed by atoms with Crippen molar-refractivity contribution in [3.63, 3.8) is 0 Å². The fourth-order valence-corrected chi connectivity index (χ4v) is 1.14. The highest BCUT2D eigenvalue weighted by Gasteiger charge is 2.10. The first-order chi connectivity index (χ1) is 5.07. The summed E-state index contributed by atoms with van der Waals surface area (Å²) < 4.78 is 0. The molecule has 0 amide bonds. The molecule has 1 atom stereocenters. The number of hydrogen-bond donors (Lipinski definition) is 2. The van der Waals surface area contributed by atoms with E-state index >= 15 is 0 Å². The third-order valence-corrected chi connectivity index (χ3v) is 2.40. The average molecular weight is 175 g/mol.